The van der Waals surface area contributed by atoms with E-state index in [9.17, 15) is 19.6 Å². The van der Waals surface area contributed by atoms with Crippen LogP contribution in [-0.2, 0) is 9.59 Å². The molecule has 178 valence electrons. The molecule has 5 rings (SSSR count). The van der Waals surface area contributed by atoms with Crippen LogP contribution in [0.2, 0.25) is 0 Å². The molecule has 10 nitrogen and oxygen atoms in total. The van der Waals surface area contributed by atoms with Gasteiger partial charge >= 0.3 is 0 Å². The molecular formula is C24H28N6O4. The van der Waals surface area contributed by atoms with Crippen LogP contribution in [0.4, 0.5) is 0 Å². The van der Waals surface area contributed by atoms with Crippen molar-refractivity contribution in [3.05, 3.63) is 24.0 Å². The predicted octanol–water partition coefficient (Wildman–Crippen LogP) is 1.54. The highest BCUT2D eigenvalue weighted by Crippen LogP contribution is 2.34. The summed E-state index contributed by atoms with van der Waals surface area (Å²) in [5, 5.41) is 17.8. The van der Waals surface area contributed by atoms with Crippen LogP contribution in [0.25, 0.3) is 11.0 Å². The summed E-state index contributed by atoms with van der Waals surface area (Å²) in [4.78, 5) is 45.3. The number of nitrogens with zero attached hydrogens (tertiary/aromatic N) is 2. The van der Waals surface area contributed by atoms with Crippen LogP contribution >= 0.6 is 0 Å². The van der Waals surface area contributed by atoms with Gasteiger partial charge in [0.2, 0.25) is 11.8 Å². The number of H-pyrrole nitrogens is 1. The van der Waals surface area contributed by atoms with Gasteiger partial charge in [-0.25, -0.2) is 4.98 Å². The quantitative estimate of drug-likeness (QED) is 0.419. The average Bonchev–Trinajstić information content (AvgIpc) is 3.74. The number of carbonyl (C=O) groups excluding carboxylic acids is 3. The zero-order valence-electron chi connectivity index (χ0n) is 18.8. The molecule has 3 atom stereocenters. The Morgan fingerprint density at radius 3 is 2.68 bits per heavy atom. The Kier molecular flexibility index (Phi) is 6.09. The number of aromatic nitrogens is 2. The number of ether oxygens (including phenoxy) is 1. The van der Waals surface area contributed by atoms with Crippen molar-refractivity contribution in [2.24, 2.45) is 11.8 Å². The Hall–Kier alpha value is -3.61. The molecule has 4 N–H and O–H groups in total. The molecule has 1 saturated heterocycles. The number of hydrogen-bond donors (Lipinski definition) is 4. The van der Waals surface area contributed by atoms with Gasteiger partial charge in [-0.15, -0.1) is 0 Å². The molecule has 3 fully saturated rings. The number of para-hydroxylation sites is 1. The molecule has 0 unspecified atom stereocenters. The van der Waals surface area contributed by atoms with E-state index >= 15 is 0 Å². The van der Waals surface area contributed by atoms with Crippen molar-refractivity contribution < 1.29 is 19.1 Å². The molecule has 0 bridgehead atoms. The van der Waals surface area contributed by atoms with E-state index in [0.29, 0.717) is 42.1 Å². The van der Waals surface area contributed by atoms with E-state index in [4.69, 9.17) is 4.74 Å². The lowest BCUT2D eigenvalue weighted by Crippen LogP contribution is -2.50. The van der Waals surface area contributed by atoms with Gasteiger partial charge in [0, 0.05) is 12.5 Å². The lowest BCUT2D eigenvalue weighted by molar-refractivity contribution is -0.125. The molecule has 2 aromatic rings. The van der Waals surface area contributed by atoms with E-state index in [1.807, 2.05) is 18.2 Å². The Morgan fingerprint density at radius 2 is 2.00 bits per heavy atom. The Morgan fingerprint density at radius 1 is 1.18 bits per heavy atom. The normalized spacial score (nSPS) is 21.4. The van der Waals surface area contributed by atoms with Crippen LogP contribution < -0.4 is 20.7 Å². The summed E-state index contributed by atoms with van der Waals surface area (Å²) in [6.07, 6.45) is 5.65. The molecule has 0 spiro atoms. The maximum Gasteiger partial charge on any atom is 0.287 e. The molecule has 2 saturated carbocycles. The van der Waals surface area contributed by atoms with Gasteiger partial charge in [-0.05, 0) is 50.2 Å². The maximum absolute atomic E-state index is 13.0. The predicted molar refractivity (Wildman–Crippen MR) is 122 cm³/mol. The minimum Gasteiger partial charge on any atom is -0.488 e. The largest absolute Gasteiger partial charge is 0.488 e. The zero-order valence-corrected chi connectivity index (χ0v) is 18.8. The monoisotopic (exact) mass is 464 g/mol. The third-order valence-electron chi connectivity index (χ3n) is 6.55. The van der Waals surface area contributed by atoms with Crippen molar-refractivity contribution in [3.63, 3.8) is 0 Å². The van der Waals surface area contributed by atoms with Crippen LogP contribution in [0.1, 0.15) is 55.6 Å². The minimum absolute atomic E-state index is 0.0905. The first-order chi connectivity index (χ1) is 16.5. The number of imidazole rings is 1. The lowest BCUT2D eigenvalue weighted by Gasteiger charge is -2.21. The number of rotatable bonds is 10. The molecule has 10 heteroatoms. The second kappa shape index (κ2) is 9.33. The fraction of sp³-hybridized carbons (Fsp3) is 0.542. The standard InChI is InChI=1S/C24H28N6O4/c25-12-15(11-14-8-9-26-22(14)31)27-23(32)18(10-13-4-5-13)29-24(33)21-28-17-2-1-3-19(20(17)30-21)34-16-6-7-16/h1-3,13-16,18H,4-11H2,(H,26,31)(H,27,32)(H,28,30)(H,29,33)/t14-,15-,18-/m0/s1. The third-order valence-corrected chi connectivity index (χ3v) is 6.55. The van der Waals surface area contributed by atoms with Gasteiger partial charge in [0.05, 0.1) is 17.7 Å². The Balaban J connectivity index is 1.26. The van der Waals surface area contributed by atoms with Crippen LogP contribution in [0.15, 0.2) is 18.2 Å². The first kappa shape index (κ1) is 22.2. The molecule has 34 heavy (non-hydrogen) atoms. The smallest absolute Gasteiger partial charge is 0.287 e. The third kappa shape index (κ3) is 5.14. The van der Waals surface area contributed by atoms with Crippen LogP contribution in [-0.4, -0.2) is 52.4 Å². The summed E-state index contributed by atoms with van der Waals surface area (Å²) in [7, 11) is 0. The van der Waals surface area contributed by atoms with E-state index < -0.39 is 23.9 Å². The summed E-state index contributed by atoms with van der Waals surface area (Å²) in [5.74, 6) is -0.176. The van der Waals surface area contributed by atoms with Gasteiger partial charge in [0.1, 0.15) is 23.3 Å². The summed E-state index contributed by atoms with van der Waals surface area (Å²) in [6.45, 7) is 0.584. The molecular weight excluding hydrogens is 436 g/mol. The highest BCUT2D eigenvalue weighted by Gasteiger charge is 2.34. The highest BCUT2D eigenvalue weighted by molar-refractivity contribution is 5.98. The highest BCUT2D eigenvalue weighted by atomic mass is 16.5. The molecule has 0 radical (unpaired) electrons. The fourth-order valence-corrected chi connectivity index (χ4v) is 4.29. The molecule has 2 aliphatic carbocycles. The number of carbonyl (C=O) groups is 3. The number of hydrogen-bond acceptors (Lipinski definition) is 6. The van der Waals surface area contributed by atoms with Gasteiger partial charge in [-0.2, -0.15) is 5.26 Å². The first-order valence-electron chi connectivity index (χ1n) is 11.9. The van der Waals surface area contributed by atoms with Crippen molar-refractivity contribution in [2.75, 3.05) is 6.54 Å². The number of aromatic amines is 1. The van der Waals surface area contributed by atoms with E-state index in [0.717, 1.165) is 25.7 Å². The zero-order chi connectivity index (χ0) is 23.7. The number of nitrogens with one attached hydrogen (secondary N) is 4. The van der Waals surface area contributed by atoms with E-state index in [1.165, 1.54) is 0 Å². The topological polar surface area (TPSA) is 149 Å². The van der Waals surface area contributed by atoms with E-state index in [2.05, 4.69) is 32.0 Å². The molecule has 3 amide bonds. The van der Waals surface area contributed by atoms with Crippen LogP contribution in [0.3, 0.4) is 0 Å². The van der Waals surface area contributed by atoms with Crippen molar-refractivity contribution >= 4 is 28.8 Å². The Bertz CT molecular complexity index is 1150. The number of benzene rings is 1. The maximum atomic E-state index is 13.0. The second-order valence-corrected chi connectivity index (χ2v) is 9.46. The minimum atomic E-state index is -0.798. The summed E-state index contributed by atoms with van der Waals surface area (Å²) in [6, 6.07) is 5.99. The molecule has 3 aliphatic rings. The van der Waals surface area contributed by atoms with E-state index in [1.54, 1.807) is 0 Å². The van der Waals surface area contributed by atoms with Gasteiger partial charge in [-0.3, -0.25) is 14.4 Å². The van der Waals surface area contributed by atoms with Crippen molar-refractivity contribution in [2.45, 2.75) is 63.1 Å². The van der Waals surface area contributed by atoms with Gasteiger partial charge in [-0.1, -0.05) is 18.9 Å². The fourth-order valence-electron chi connectivity index (χ4n) is 4.29. The first-order valence-corrected chi connectivity index (χ1v) is 11.9. The van der Waals surface area contributed by atoms with Gasteiger partial charge in [0.25, 0.3) is 5.91 Å². The molecule has 1 aliphatic heterocycles. The Labute approximate surface area is 196 Å². The summed E-state index contributed by atoms with van der Waals surface area (Å²) < 4.78 is 5.89. The average molecular weight is 465 g/mol. The van der Waals surface area contributed by atoms with Crippen molar-refractivity contribution in [1.82, 2.24) is 25.9 Å². The van der Waals surface area contributed by atoms with E-state index in [-0.39, 0.29) is 30.2 Å². The van der Waals surface area contributed by atoms with Crippen molar-refractivity contribution in [1.29, 1.82) is 5.26 Å². The van der Waals surface area contributed by atoms with Gasteiger partial charge in [0.15, 0.2) is 5.82 Å². The number of fused-ring (bicyclic) bond motifs is 1. The lowest BCUT2D eigenvalue weighted by atomic mass is 9.98. The van der Waals surface area contributed by atoms with Crippen molar-refractivity contribution in [3.8, 4) is 11.8 Å². The van der Waals surface area contributed by atoms with Crippen LogP contribution in [0, 0.1) is 23.2 Å². The van der Waals surface area contributed by atoms with Crippen LogP contribution in [0.5, 0.6) is 5.75 Å². The van der Waals surface area contributed by atoms with Gasteiger partial charge < -0.3 is 25.7 Å². The molecule has 1 aromatic heterocycles. The molecule has 1 aromatic carbocycles. The number of nitriles is 1. The SMILES string of the molecule is N#C[C@H](C[C@@H]1CCNC1=O)NC(=O)[C@H](CC1CC1)NC(=O)c1nc2c(OC3CC3)cccc2[nH]1. The molecule has 2 heterocycles. The summed E-state index contributed by atoms with van der Waals surface area (Å²) in [5.41, 5.74) is 1.27. The number of amides is 3. The summed E-state index contributed by atoms with van der Waals surface area (Å²) >= 11 is 0. The second-order valence-electron chi connectivity index (χ2n) is 9.46.